The van der Waals surface area contributed by atoms with E-state index in [-0.39, 0.29) is 10.6 Å². The Labute approximate surface area is 104 Å². The first-order valence-electron chi connectivity index (χ1n) is 5.54. The van der Waals surface area contributed by atoms with Crippen molar-refractivity contribution in [1.29, 1.82) is 0 Å². The fourth-order valence-corrected chi connectivity index (χ4v) is 1.77. The van der Waals surface area contributed by atoms with E-state index in [2.05, 4.69) is 10.4 Å². The van der Waals surface area contributed by atoms with E-state index in [1.807, 2.05) is 19.2 Å². The Bertz CT molecular complexity index is 577. The lowest BCUT2D eigenvalue weighted by molar-refractivity contribution is -0.385. The predicted octanol–water partition coefficient (Wildman–Crippen LogP) is 2.25. The number of hydrogen-bond acceptors (Lipinski definition) is 4. The molecule has 1 heterocycles. The number of benzene rings is 1. The maximum atomic E-state index is 10.8. The number of hydrogen-bond donors (Lipinski definition) is 1. The third-order valence-electron chi connectivity index (χ3n) is 2.88. The number of anilines is 1. The molecule has 0 aliphatic rings. The normalized spacial score (nSPS) is 10.3. The molecule has 1 aromatic carbocycles. The van der Waals surface area contributed by atoms with Crippen molar-refractivity contribution in [2.75, 3.05) is 5.32 Å². The van der Waals surface area contributed by atoms with Crippen molar-refractivity contribution in [3.63, 3.8) is 0 Å². The molecule has 1 N–H and O–H groups in total. The highest BCUT2D eigenvalue weighted by Crippen LogP contribution is 2.25. The standard InChI is InChI=1S/C12H14N4O2/c1-9-11(4-3-5-12(9)16(17)18)13-8-10-6-7-14-15(10)2/h3-7,13H,8H2,1-2H3. The lowest BCUT2D eigenvalue weighted by atomic mass is 10.1. The monoisotopic (exact) mass is 246 g/mol. The van der Waals surface area contributed by atoms with E-state index in [1.165, 1.54) is 6.07 Å². The van der Waals surface area contributed by atoms with Gasteiger partial charge in [-0.15, -0.1) is 0 Å². The van der Waals surface area contributed by atoms with Gasteiger partial charge in [0, 0.05) is 30.6 Å². The molecule has 6 nitrogen and oxygen atoms in total. The van der Waals surface area contributed by atoms with Crippen LogP contribution in [0.15, 0.2) is 30.5 Å². The molecule has 0 aliphatic carbocycles. The minimum Gasteiger partial charge on any atom is -0.379 e. The van der Waals surface area contributed by atoms with E-state index in [0.717, 1.165) is 11.4 Å². The number of aryl methyl sites for hydroxylation is 1. The number of nitrogens with one attached hydrogen (secondary N) is 1. The van der Waals surface area contributed by atoms with Gasteiger partial charge in [-0.1, -0.05) is 6.07 Å². The smallest absolute Gasteiger partial charge is 0.274 e. The Kier molecular flexibility index (Phi) is 3.27. The summed E-state index contributed by atoms with van der Waals surface area (Å²) in [5.41, 5.74) is 2.56. The average molecular weight is 246 g/mol. The maximum Gasteiger partial charge on any atom is 0.274 e. The zero-order chi connectivity index (χ0) is 13.1. The first-order valence-corrected chi connectivity index (χ1v) is 5.54. The highest BCUT2D eigenvalue weighted by molar-refractivity contribution is 5.59. The molecule has 0 amide bonds. The van der Waals surface area contributed by atoms with Crippen LogP contribution in [0.25, 0.3) is 0 Å². The molecule has 0 fully saturated rings. The Morgan fingerprint density at radius 1 is 1.44 bits per heavy atom. The number of nitro benzene ring substituents is 1. The van der Waals surface area contributed by atoms with Gasteiger partial charge in [-0.25, -0.2) is 0 Å². The van der Waals surface area contributed by atoms with Crippen LogP contribution < -0.4 is 5.32 Å². The molecule has 2 rings (SSSR count). The van der Waals surface area contributed by atoms with Gasteiger partial charge in [0.2, 0.25) is 0 Å². The summed E-state index contributed by atoms with van der Waals surface area (Å²) in [6, 6.07) is 6.92. The zero-order valence-electron chi connectivity index (χ0n) is 10.3. The predicted molar refractivity (Wildman–Crippen MR) is 68.4 cm³/mol. The molecule has 0 unspecified atom stereocenters. The average Bonchev–Trinajstić information content (AvgIpc) is 2.73. The van der Waals surface area contributed by atoms with E-state index >= 15 is 0 Å². The molecule has 0 radical (unpaired) electrons. The quantitative estimate of drug-likeness (QED) is 0.663. The van der Waals surface area contributed by atoms with E-state index in [1.54, 1.807) is 23.9 Å². The second-order valence-electron chi connectivity index (χ2n) is 4.01. The molecule has 0 spiro atoms. The summed E-state index contributed by atoms with van der Waals surface area (Å²) in [6.45, 7) is 2.32. The summed E-state index contributed by atoms with van der Waals surface area (Å²) in [7, 11) is 1.86. The molecule has 0 saturated carbocycles. The number of aromatic nitrogens is 2. The minimum absolute atomic E-state index is 0.130. The van der Waals surface area contributed by atoms with Crippen LogP contribution in [0.4, 0.5) is 11.4 Å². The van der Waals surface area contributed by atoms with Gasteiger partial charge in [-0.3, -0.25) is 14.8 Å². The molecule has 1 aromatic heterocycles. The molecule has 0 saturated heterocycles. The van der Waals surface area contributed by atoms with Gasteiger partial charge >= 0.3 is 0 Å². The van der Waals surface area contributed by atoms with Crippen LogP contribution in [-0.4, -0.2) is 14.7 Å². The fourth-order valence-electron chi connectivity index (χ4n) is 1.77. The fraction of sp³-hybridized carbons (Fsp3) is 0.250. The van der Waals surface area contributed by atoms with Gasteiger partial charge in [0.25, 0.3) is 5.69 Å². The van der Waals surface area contributed by atoms with Gasteiger partial charge < -0.3 is 5.32 Å². The molecular formula is C12H14N4O2. The van der Waals surface area contributed by atoms with Gasteiger partial charge in [-0.2, -0.15) is 5.10 Å². The first-order chi connectivity index (χ1) is 8.59. The van der Waals surface area contributed by atoms with Crippen LogP contribution in [0.2, 0.25) is 0 Å². The van der Waals surface area contributed by atoms with Crippen molar-refractivity contribution < 1.29 is 4.92 Å². The molecule has 0 aliphatic heterocycles. The van der Waals surface area contributed by atoms with E-state index < -0.39 is 0 Å². The lowest BCUT2D eigenvalue weighted by Gasteiger charge is -2.09. The SMILES string of the molecule is Cc1c(NCc2ccnn2C)cccc1[N+](=O)[O-]. The Morgan fingerprint density at radius 2 is 2.22 bits per heavy atom. The van der Waals surface area contributed by atoms with Crippen molar-refractivity contribution in [3.05, 3.63) is 51.8 Å². The van der Waals surface area contributed by atoms with Crippen molar-refractivity contribution >= 4 is 11.4 Å². The number of nitro groups is 1. The third kappa shape index (κ3) is 2.32. The van der Waals surface area contributed by atoms with Crippen molar-refractivity contribution in [2.24, 2.45) is 7.05 Å². The van der Waals surface area contributed by atoms with Gasteiger partial charge in [0.15, 0.2) is 0 Å². The summed E-state index contributed by atoms with van der Waals surface area (Å²) in [4.78, 5) is 10.5. The van der Waals surface area contributed by atoms with Crippen LogP contribution in [0, 0.1) is 17.0 Å². The van der Waals surface area contributed by atoms with Crippen molar-refractivity contribution in [2.45, 2.75) is 13.5 Å². The van der Waals surface area contributed by atoms with E-state index in [4.69, 9.17) is 0 Å². The second kappa shape index (κ2) is 4.87. The number of rotatable bonds is 4. The Balaban J connectivity index is 2.17. The van der Waals surface area contributed by atoms with Crippen molar-refractivity contribution in [1.82, 2.24) is 9.78 Å². The first kappa shape index (κ1) is 12.1. The van der Waals surface area contributed by atoms with Crippen LogP contribution in [-0.2, 0) is 13.6 Å². The Hall–Kier alpha value is -2.37. The van der Waals surface area contributed by atoms with E-state index in [9.17, 15) is 10.1 Å². The topological polar surface area (TPSA) is 73.0 Å². The largest absolute Gasteiger partial charge is 0.379 e. The summed E-state index contributed by atoms with van der Waals surface area (Å²) < 4.78 is 1.76. The van der Waals surface area contributed by atoms with Crippen LogP contribution in [0.1, 0.15) is 11.3 Å². The number of nitrogens with zero attached hydrogens (tertiary/aromatic N) is 3. The van der Waals surface area contributed by atoms with Crippen LogP contribution in [0.3, 0.4) is 0 Å². The minimum atomic E-state index is -0.370. The Morgan fingerprint density at radius 3 is 2.83 bits per heavy atom. The maximum absolute atomic E-state index is 10.8. The van der Waals surface area contributed by atoms with Gasteiger partial charge in [0.1, 0.15) is 0 Å². The summed E-state index contributed by atoms with van der Waals surface area (Å²) in [5, 5.41) is 18.1. The molecule has 6 heteroatoms. The van der Waals surface area contributed by atoms with Crippen LogP contribution >= 0.6 is 0 Å². The highest BCUT2D eigenvalue weighted by atomic mass is 16.6. The summed E-state index contributed by atoms with van der Waals surface area (Å²) >= 11 is 0. The van der Waals surface area contributed by atoms with Gasteiger partial charge in [-0.05, 0) is 19.1 Å². The third-order valence-corrected chi connectivity index (χ3v) is 2.88. The van der Waals surface area contributed by atoms with Crippen LogP contribution in [0.5, 0.6) is 0 Å². The molecule has 18 heavy (non-hydrogen) atoms. The van der Waals surface area contributed by atoms with E-state index in [0.29, 0.717) is 12.1 Å². The molecule has 0 atom stereocenters. The lowest BCUT2D eigenvalue weighted by Crippen LogP contribution is -2.07. The van der Waals surface area contributed by atoms with Gasteiger partial charge in [0.05, 0.1) is 17.2 Å². The zero-order valence-corrected chi connectivity index (χ0v) is 10.3. The summed E-state index contributed by atoms with van der Waals surface area (Å²) in [5.74, 6) is 0. The molecule has 0 bridgehead atoms. The highest BCUT2D eigenvalue weighted by Gasteiger charge is 2.12. The molecule has 94 valence electrons. The van der Waals surface area contributed by atoms with Crippen molar-refractivity contribution in [3.8, 4) is 0 Å². The summed E-state index contributed by atoms with van der Waals surface area (Å²) in [6.07, 6.45) is 1.72. The molecule has 2 aromatic rings. The second-order valence-corrected chi connectivity index (χ2v) is 4.01. The molecular weight excluding hydrogens is 232 g/mol.